The summed E-state index contributed by atoms with van der Waals surface area (Å²) in [5.41, 5.74) is 6.34. The van der Waals surface area contributed by atoms with Crippen LogP contribution in [0.3, 0.4) is 0 Å². The highest BCUT2D eigenvalue weighted by Crippen LogP contribution is 1.96. The number of urea groups is 1. The zero-order valence-corrected chi connectivity index (χ0v) is 9.54. The third-order valence-electron chi connectivity index (χ3n) is 1.98. The van der Waals surface area contributed by atoms with Crippen LogP contribution in [-0.4, -0.2) is 29.9 Å². The maximum atomic E-state index is 11.5. The molecular weight excluding hydrogens is 194 g/mol. The van der Waals surface area contributed by atoms with Gasteiger partial charge in [0, 0.05) is 26.2 Å². The van der Waals surface area contributed by atoms with Gasteiger partial charge in [-0.3, -0.25) is 9.69 Å². The molecule has 0 radical (unpaired) electrons. The van der Waals surface area contributed by atoms with E-state index in [0.717, 1.165) is 16.9 Å². The van der Waals surface area contributed by atoms with Gasteiger partial charge in [0.05, 0.1) is 0 Å². The molecule has 0 aromatic rings. The number of nitrogens with zero attached hydrogens (tertiary/aromatic N) is 1. The van der Waals surface area contributed by atoms with Crippen LogP contribution >= 0.6 is 0 Å². The van der Waals surface area contributed by atoms with Gasteiger partial charge in [0.15, 0.2) is 0 Å². The molecule has 15 heavy (non-hydrogen) atoms. The molecule has 0 unspecified atom stereocenters. The number of allylic oxidation sites excluding steroid dienone is 1. The van der Waals surface area contributed by atoms with Crippen molar-refractivity contribution < 1.29 is 9.59 Å². The van der Waals surface area contributed by atoms with Crippen LogP contribution in [0.5, 0.6) is 0 Å². The lowest BCUT2D eigenvalue weighted by Gasteiger charge is -2.17. The summed E-state index contributed by atoms with van der Waals surface area (Å²) in [6.07, 6.45) is 2.46. The molecule has 3 N–H and O–H groups in total. The number of hydrogen-bond donors (Lipinski definition) is 2. The Morgan fingerprint density at radius 2 is 2.00 bits per heavy atom. The lowest BCUT2D eigenvalue weighted by atomic mass is 10.3. The van der Waals surface area contributed by atoms with Gasteiger partial charge < -0.3 is 11.1 Å². The Morgan fingerprint density at radius 1 is 1.40 bits per heavy atom. The number of imide groups is 1. The molecule has 5 nitrogen and oxygen atoms in total. The topological polar surface area (TPSA) is 75.4 Å². The van der Waals surface area contributed by atoms with Gasteiger partial charge in [0.2, 0.25) is 5.91 Å². The molecule has 0 bridgehead atoms. The van der Waals surface area contributed by atoms with Gasteiger partial charge in [-0.15, -0.1) is 0 Å². The fraction of sp³-hybridized carbons (Fsp3) is 0.600. The molecule has 0 spiro atoms. The first-order valence-corrected chi connectivity index (χ1v) is 4.97. The highest BCUT2D eigenvalue weighted by Gasteiger charge is 2.15. The number of nitrogens with two attached hydrogens (primary N) is 1. The van der Waals surface area contributed by atoms with Crippen LogP contribution < -0.4 is 11.1 Å². The standard InChI is InChI=1S/C10H19N3O2/c1-4-8(2)7-12-10(15)13(6-5-11)9(3)14/h7H,4-6,11H2,1-3H3,(H,12,15)/b8-7+. The first-order chi connectivity index (χ1) is 7.02. The fourth-order valence-corrected chi connectivity index (χ4v) is 0.896. The van der Waals surface area contributed by atoms with Crippen molar-refractivity contribution in [3.63, 3.8) is 0 Å². The molecule has 3 amide bonds. The molecule has 0 saturated carbocycles. The molecule has 86 valence electrons. The van der Waals surface area contributed by atoms with Gasteiger partial charge in [-0.05, 0) is 13.3 Å². The van der Waals surface area contributed by atoms with E-state index in [0.29, 0.717) is 0 Å². The Balaban J connectivity index is 4.33. The molecule has 0 atom stereocenters. The average Bonchev–Trinajstić information content (AvgIpc) is 2.21. The summed E-state index contributed by atoms with van der Waals surface area (Å²) >= 11 is 0. The van der Waals surface area contributed by atoms with Gasteiger partial charge in [-0.1, -0.05) is 12.5 Å². The summed E-state index contributed by atoms with van der Waals surface area (Å²) in [5, 5.41) is 2.55. The monoisotopic (exact) mass is 213 g/mol. The molecule has 0 aromatic carbocycles. The summed E-state index contributed by atoms with van der Waals surface area (Å²) in [5.74, 6) is -0.305. The molecule has 0 saturated heterocycles. The average molecular weight is 213 g/mol. The predicted molar refractivity (Wildman–Crippen MR) is 59.0 cm³/mol. The Bertz CT molecular complexity index is 261. The number of amides is 3. The number of nitrogens with one attached hydrogen (secondary N) is 1. The van der Waals surface area contributed by atoms with Crippen LogP contribution in [0.1, 0.15) is 27.2 Å². The van der Waals surface area contributed by atoms with Crippen LogP contribution in [0.4, 0.5) is 4.79 Å². The smallest absolute Gasteiger partial charge is 0.328 e. The zero-order valence-electron chi connectivity index (χ0n) is 9.54. The van der Waals surface area contributed by atoms with Gasteiger partial charge in [-0.2, -0.15) is 0 Å². The van der Waals surface area contributed by atoms with Crippen molar-refractivity contribution in [1.29, 1.82) is 0 Å². The highest BCUT2D eigenvalue weighted by atomic mass is 16.2. The largest absolute Gasteiger partial charge is 0.329 e. The van der Waals surface area contributed by atoms with Crippen molar-refractivity contribution in [3.8, 4) is 0 Å². The molecule has 0 fully saturated rings. The summed E-state index contributed by atoms with van der Waals surface area (Å²) in [6.45, 7) is 5.73. The van der Waals surface area contributed by atoms with Crippen LogP contribution in [0.25, 0.3) is 0 Å². The maximum absolute atomic E-state index is 11.5. The third kappa shape index (κ3) is 5.17. The van der Waals surface area contributed by atoms with Crippen molar-refractivity contribution in [1.82, 2.24) is 10.2 Å². The van der Waals surface area contributed by atoms with Crippen molar-refractivity contribution in [3.05, 3.63) is 11.8 Å². The first kappa shape index (κ1) is 13.6. The van der Waals surface area contributed by atoms with Crippen LogP contribution in [-0.2, 0) is 4.79 Å². The number of rotatable bonds is 4. The van der Waals surface area contributed by atoms with Crippen molar-refractivity contribution >= 4 is 11.9 Å². The Kier molecular flexibility index (Phi) is 6.37. The van der Waals surface area contributed by atoms with Crippen molar-refractivity contribution in [2.75, 3.05) is 13.1 Å². The SMILES string of the molecule is CC/C(C)=C/NC(=O)N(CCN)C(C)=O. The van der Waals surface area contributed by atoms with Gasteiger partial charge in [0.1, 0.15) is 0 Å². The van der Waals surface area contributed by atoms with Crippen molar-refractivity contribution in [2.24, 2.45) is 5.73 Å². The zero-order chi connectivity index (χ0) is 11.8. The van der Waals surface area contributed by atoms with E-state index < -0.39 is 6.03 Å². The highest BCUT2D eigenvalue weighted by molar-refractivity contribution is 5.93. The molecule has 0 aliphatic carbocycles. The molecule has 0 aliphatic rings. The molecule has 5 heteroatoms. The molecule has 0 heterocycles. The van der Waals surface area contributed by atoms with Crippen LogP contribution in [0.15, 0.2) is 11.8 Å². The first-order valence-electron chi connectivity index (χ1n) is 4.97. The van der Waals surface area contributed by atoms with Crippen LogP contribution in [0.2, 0.25) is 0 Å². The third-order valence-corrected chi connectivity index (χ3v) is 1.98. The molecule has 0 aliphatic heterocycles. The number of carbonyl (C=O) groups excluding carboxylic acids is 2. The molecular formula is C10H19N3O2. The lowest BCUT2D eigenvalue weighted by molar-refractivity contribution is -0.125. The summed E-state index contributed by atoms with van der Waals surface area (Å²) in [6, 6.07) is -0.430. The van der Waals surface area contributed by atoms with E-state index in [1.165, 1.54) is 6.92 Å². The van der Waals surface area contributed by atoms with Crippen molar-refractivity contribution in [2.45, 2.75) is 27.2 Å². The Morgan fingerprint density at radius 3 is 2.40 bits per heavy atom. The Labute approximate surface area is 90.3 Å². The van der Waals surface area contributed by atoms with E-state index in [1.54, 1.807) is 6.20 Å². The number of hydrogen-bond acceptors (Lipinski definition) is 3. The fourth-order valence-electron chi connectivity index (χ4n) is 0.896. The second-order valence-corrected chi connectivity index (χ2v) is 3.25. The van der Waals surface area contributed by atoms with Gasteiger partial charge >= 0.3 is 6.03 Å². The van der Waals surface area contributed by atoms with Gasteiger partial charge in [0.25, 0.3) is 0 Å². The van der Waals surface area contributed by atoms with Crippen LogP contribution in [0, 0.1) is 0 Å². The van der Waals surface area contributed by atoms with E-state index in [1.807, 2.05) is 13.8 Å². The minimum Gasteiger partial charge on any atom is -0.329 e. The summed E-state index contributed by atoms with van der Waals surface area (Å²) < 4.78 is 0. The summed E-state index contributed by atoms with van der Waals surface area (Å²) in [7, 11) is 0. The maximum Gasteiger partial charge on any atom is 0.328 e. The normalized spacial score (nSPS) is 11.1. The minimum atomic E-state index is -0.430. The summed E-state index contributed by atoms with van der Waals surface area (Å²) in [4.78, 5) is 23.7. The predicted octanol–water partition coefficient (Wildman–Crippen LogP) is 0.817. The van der Waals surface area contributed by atoms with E-state index in [4.69, 9.17) is 5.73 Å². The lowest BCUT2D eigenvalue weighted by Crippen LogP contribution is -2.43. The van der Waals surface area contributed by atoms with E-state index in [2.05, 4.69) is 5.32 Å². The second-order valence-electron chi connectivity index (χ2n) is 3.25. The van der Waals surface area contributed by atoms with E-state index >= 15 is 0 Å². The second kappa shape index (κ2) is 7.00. The van der Waals surface area contributed by atoms with E-state index in [-0.39, 0.29) is 19.0 Å². The molecule has 0 aromatic heterocycles. The number of carbonyl (C=O) groups is 2. The quantitative estimate of drug-likeness (QED) is 0.725. The van der Waals surface area contributed by atoms with E-state index in [9.17, 15) is 9.59 Å². The molecule has 0 rings (SSSR count). The minimum absolute atomic E-state index is 0.236. The Hall–Kier alpha value is -1.36. The van der Waals surface area contributed by atoms with Gasteiger partial charge in [-0.25, -0.2) is 4.79 Å².